The maximum absolute atomic E-state index is 13.3. The van der Waals surface area contributed by atoms with Crippen molar-refractivity contribution in [3.8, 4) is 17.1 Å². The van der Waals surface area contributed by atoms with Gasteiger partial charge in [-0.1, -0.05) is 63.2 Å². The molecule has 160 valence electrons. The summed E-state index contributed by atoms with van der Waals surface area (Å²) in [4.78, 5) is 13.3. The molecule has 1 heterocycles. The minimum absolute atomic E-state index is 0.0313. The Morgan fingerprint density at radius 1 is 1.03 bits per heavy atom. The van der Waals surface area contributed by atoms with E-state index in [1.165, 1.54) is 0 Å². The molecule has 0 saturated carbocycles. The summed E-state index contributed by atoms with van der Waals surface area (Å²) in [6.07, 6.45) is -1.79. The third kappa shape index (κ3) is 3.86. The number of hydrogen-bond donors (Lipinski definition) is 3. The SMILES string of the molecule is CCC(O)C(O)C(C)(C)C(C)(N)Oc1c(-c2ccccc2)oc2ccccc2c1=O. The molecular formula is C24H29NO5. The van der Waals surface area contributed by atoms with Gasteiger partial charge in [-0.2, -0.15) is 0 Å². The van der Waals surface area contributed by atoms with Crippen molar-refractivity contribution in [2.24, 2.45) is 11.1 Å². The molecule has 0 spiro atoms. The summed E-state index contributed by atoms with van der Waals surface area (Å²) in [5.74, 6) is 0.230. The summed E-state index contributed by atoms with van der Waals surface area (Å²) in [6, 6.07) is 16.1. The topological polar surface area (TPSA) is 106 Å². The molecule has 3 unspecified atom stereocenters. The van der Waals surface area contributed by atoms with E-state index < -0.39 is 23.3 Å². The molecule has 0 aliphatic rings. The van der Waals surface area contributed by atoms with Crippen LogP contribution in [-0.4, -0.2) is 28.1 Å². The fourth-order valence-electron chi connectivity index (χ4n) is 3.34. The molecule has 0 radical (unpaired) electrons. The van der Waals surface area contributed by atoms with E-state index in [1.807, 2.05) is 30.3 Å². The first-order valence-electron chi connectivity index (χ1n) is 10.1. The number of benzene rings is 2. The molecule has 0 aliphatic carbocycles. The third-order valence-corrected chi connectivity index (χ3v) is 5.91. The quantitative estimate of drug-likeness (QED) is 0.512. The van der Waals surface area contributed by atoms with E-state index in [0.29, 0.717) is 23.0 Å². The van der Waals surface area contributed by atoms with Crippen molar-refractivity contribution in [1.82, 2.24) is 0 Å². The van der Waals surface area contributed by atoms with E-state index in [0.717, 1.165) is 0 Å². The van der Waals surface area contributed by atoms with E-state index in [2.05, 4.69) is 0 Å². The van der Waals surface area contributed by atoms with Crippen molar-refractivity contribution in [3.05, 3.63) is 64.8 Å². The summed E-state index contributed by atoms with van der Waals surface area (Å²) in [7, 11) is 0. The van der Waals surface area contributed by atoms with Crippen LogP contribution in [0.4, 0.5) is 0 Å². The highest BCUT2D eigenvalue weighted by Crippen LogP contribution is 2.39. The van der Waals surface area contributed by atoms with Crippen LogP contribution in [0.3, 0.4) is 0 Å². The van der Waals surface area contributed by atoms with Crippen molar-refractivity contribution in [2.75, 3.05) is 0 Å². The van der Waals surface area contributed by atoms with Gasteiger partial charge in [0.1, 0.15) is 5.58 Å². The summed E-state index contributed by atoms with van der Waals surface area (Å²) in [5.41, 5.74) is 4.67. The van der Waals surface area contributed by atoms with Gasteiger partial charge >= 0.3 is 0 Å². The van der Waals surface area contributed by atoms with Crippen LogP contribution in [0, 0.1) is 5.41 Å². The minimum atomic E-state index is -1.50. The maximum Gasteiger partial charge on any atom is 0.235 e. The predicted molar refractivity (Wildman–Crippen MR) is 117 cm³/mol. The van der Waals surface area contributed by atoms with Crippen LogP contribution in [0.2, 0.25) is 0 Å². The normalized spacial score (nSPS) is 16.1. The van der Waals surface area contributed by atoms with Crippen LogP contribution < -0.4 is 15.9 Å². The number of nitrogens with two attached hydrogens (primary N) is 1. The molecule has 6 heteroatoms. The van der Waals surface area contributed by atoms with Gasteiger partial charge < -0.3 is 19.4 Å². The maximum atomic E-state index is 13.3. The minimum Gasteiger partial charge on any atom is -0.465 e. The molecule has 30 heavy (non-hydrogen) atoms. The summed E-state index contributed by atoms with van der Waals surface area (Å²) < 4.78 is 12.2. The van der Waals surface area contributed by atoms with Gasteiger partial charge in [-0.3, -0.25) is 10.5 Å². The first-order valence-corrected chi connectivity index (χ1v) is 10.1. The molecule has 4 N–H and O–H groups in total. The largest absolute Gasteiger partial charge is 0.465 e. The Morgan fingerprint density at radius 2 is 1.63 bits per heavy atom. The Kier molecular flexibility index (Phi) is 6.04. The molecule has 0 aliphatic heterocycles. The number of ether oxygens (including phenoxy) is 1. The monoisotopic (exact) mass is 411 g/mol. The number of para-hydroxylation sites is 1. The molecule has 0 bridgehead atoms. The summed E-state index contributed by atoms with van der Waals surface area (Å²) in [6.45, 7) is 6.75. The van der Waals surface area contributed by atoms with Gasteiger partial charge in [-0.15, -0.1) is 0 Å². The average Bonchev–Trinajstić information content (AvgIpc) is 2.74. The number of aliphatic hydroxyl groups excluding tert-OH is 2. The van der Waals surface area contributed by atoms with Gasteiger partial charge in [0.15, 0.2) is 11.5 Å². The van der Waals surface area contributed by atoms with E-state index in [4.69, 9.17) is 14.9 Å². The zero-order valence-corrected chi connectivity index (χ0v) is 17.8. The molecule has 0 fully saturated rings. The summed E-state index contributed by atoms with van der Waals surface area (Å²) >= 11 is 0. The zero-order valence-electron chi connectivity index (χ0n) is 17.8. The Labute approximate surface area is 175 Å². The van der Waals surface area contributed by atoms with Crippen LogP contribution in [-0.2, 0) is 0 Å². The van der Waals surface area contributed by atoms with Gasteiger partial charge in [0.25, 0.3) is 0 Å². The van der Waals surface area contributed by atoms with E-state index in [-0.39, 0.29) is 16.9 Å². The number of fused-ring (bicyclic) bond motifs is 1. The lowest BCUT2D eigenvalue weighted by molar-refractivity contribution is -0.135. The second-order valence-corrected chi connectivity index (χ2v) is 8.30. The smallest absolute Gasteiger partial charge is 0.235 e. The van der Waals surface area contributed by atoms with Crippen molar-refractivity contribution in [2.45, 2.75) is 52.0 Å². The lowest BCUT2D eigenvalue weighted by Gasteiger charge is -2.45. The third-order valence-electron chi connectivity index (χ3n) is 5.91. The highest BCUT2D eigenvalue weighted by atomic mass is 16.5. The van der Waals surface area contributed by atoms with Gasteiger partial charge in [-0.05, 0) is 25.5 Å². The van der Waals surface area contributed by atoms with Crippen LogP contribution in [0.15, 0.2) is 63.8 Å². The number of aliphatic hydroxyl groups is 2. The Hall–Kier alpha value is -2.67. The van der Waals surface area contributed by atoms with Crippen molar-refractivity contribution in [3.63, 3.8) is 0 Å². The molecule has 1 aromatic heterocycles. The fourth-order valence-corrected chi connectivity index (χ4v) is 3.34. The number of rotatable bonds is 7. The van der Waals surface area contributed by atoms with Gasteiger partial charge in [0, 0.05) is 11.0 Å². The van der Waals surface area contributed by atoms with Crippen LogP contribution in [0.5, 0.6) is 5.75 Å². The van der Waals surface area contributed by atoms with E-state index >= 15 is 0 Å². The van der Waals surface area contributed by atoms with E-state index in [9.17, 15) is 15.0 Å². The molecule has 2 aromatic carbocycles. The zero-order chi connectivity index (χ0) is 22.1. The lowest BCUT2D eigenvalue weighted by atomic mass is 9.74. The second kappa shape index (κ2) is 8.22. The lowest BCUT2D eigenvalue weighted by Crippen LogP contribution is -2.62. The van der Waals surface area contributed by atoms with Crippen LogP contribution >= 0.6 is 0 Å². The molecule has 6 nitrogen and oxygen atoms in total. The first kappa shape index (κ1) is 22.0. The van der Waals surface area contributed by atoms with Crippen LogP contribution in [0.25, 0.3) is 22.3 Å². The van der Waals surface area contributed by atoms with Gasteiger partial charge in [0.2, 0.25) is 11.2 Å². The fraction of sp³-hybridized carbons (Fsp3) is 0.375. The van der Waals surface area contributed by atoms with Gasteiger partial charge in [0.05, 0.1) is 17.6 Å². The Balaban J connectivity index is 2.17. The highest BCUT2D eigenvalue weighted by Gasteiger charge is 2.48. The van der Waals surface area contributed by atoms with Crippen molar-refractivity contribution >= 4 is 11.0 Å². The van der Waals surface area contributed by atoms with Crippen LogP contribution in [0.1, 0.15) is 34.1 Å². The first-order chi connectivity index (χ1) is 14.1. The van der Waals surface area contributed by atoms with Crippen molar-refractivity contribution < 1.29 is 19.4 Å². The molecule has 3 aromatic rings. The molecule has 0 amide bonds. The van der Waals surface area contributed by atoms with E-state index in [1.54, 1.807) is 52.0 Å². The molecule has 3 rings (SSSR count). The second-order valence-electron chi connectivity index (χ2n) is 8.30. The highest BCUT2D eigenvalue weighted by molar-refractivity contribution is 5.81. The Morgan fingerprint density at radius 3 is 2.27 bits per heavy atom. The molecule has 0 saturated heterocycles. The molecule has 3 atom stereocenters. The van der Waals surface area contributed by atoms with Crippen molar-refractivity contribution in [1.29, 1.82) is 0 Å². The standard InChI is InChI=1S/C24H29NO5/c1-5-17(26)22(28)23(2,3)24(4,25)30-21-19(27)16-13-9-10-14-18(16)29-20(21)15-11-7-6-8-12-15/h6-14,17,22,26,28H,5,25H2,1-4H3. The Bertz CT molecular complexity index is 1070. The summed E-state index contributed by atoms with van der Waals surface area (Å²) in [5, 5.41) is 21.2. The predicted octanol–water partition coefficient (Wildman–Crippen LogP) is 3.67. The average molecular weight is 411 g/mol. The van der Waals surface area contributed by atoms with Gasteiger partial charge in [-0.25, -0.2) is 0 Å². The number of hydrogen-bond acceptors (Lipinski definition) is 6. The molecular weight excluding hydrogens is 382 g/mol.